The largest absolute Gasteiger partial charge is 0.271 e. The fourth-order valence-electron chi connectivity index (χ4n) is 2.37. The van der Waals surface area contributed by atoms with Crippen molar-refractivity contribution in [1.29, 1.82) is 0 Å². The molecule has 0 saturated carbocycles. The Balaban J connectivity index is 2.16. The summed E-state index contributed by atoms with van der Waals surface area (Å²) in [6, 6.07) is 2.06. The minimum Gasteiger partial charge on any atom is -0.271 e. The van der Waals surface area contributed by atoms with Crippen LogP contribution in [0.5, 0.6) is 0 Å². The zero-order chi connectivity index (χ0) is 11.9. The Hall–Kier alpha value is -1.26. The third-order valence-corrected chi connectivity index (χ3v) is 3.30. The first-order valence-electron chi connectivity index (χ1n) is 6.33. The summed E-state index contributed by atoms with van der Waals surface area (Å²) in [5.74, 6) is 5.69. The van der Waals surface area contributed by atoms with Crippen molar-refractivity contribution in [1.82, 2.24) is 15.6 Å². The van der Waals surface area contributed by atoms with Crippen LogP contribution in [0.2, 0.25) is 0 Å². The second-order valence-corrected chi connectivity index (χ2v) is 4.51. The Morgan fingerprint density at radius 1 is 1.18 bits per heavy atom. The van der Waals surface area contributed by atoms with Crippen molar-refractivity contribution in [3.05, 3.63) is 35.7 Å². The summed E-state index contributed by atoms with van der Waals surface area (Å²) in [7, 11) is 0. The molecule has 1 atom stereocenters. The number of nitrogens with one attached hydrogen (secondary N) is 1. The molecule has 0 fully saturated rings. The minimum atomic E-state index is 0.0867. The molecule has 4 nitrogen and oxygen atoms in total. The van der Waals surface area contributed by atoms with E-state index in [2.05, 4.69) is 21.7 Å². The Bertz CT molecular complexity index is 361. The molecule has 0 amide bonds. The Morgan fingerprint density at radius 3 is 2.82 bits per heavy atom. The highest BCUT2D eigenvalue weighted by Crippen LogP contribution is 2.27. The van der Waals surface area contributed by atoms with Gasteiger partial charge in [0.1, 0.15) is 0 Å². The van der Waals surface area contributed by atoms with E-state index in [4.69, 9.17) is 5.84 Å². The zero-order valence-electron chi connectivity index (χ0n) is 10.1. The van der Waals surface area contributed by atoms with Gasteiger partial charge >= 0.3 is 0 Å². The van der Waals surface area contributed by atoms with Gasteiger partial charge in [0.15, 0.2) is 0 Å². The number of allylic oxidation sites excluding steroid dienone is 1. The molecule has 1 aliphatic rings. The van der Waals surface area contributed by atoms with Gasteiger partial charge in [0.2, 0.25) is 0 Å². The fourth-order valence-corrected chi connectivity index (χ4v) is 2.37. The topological polar surface area (TPSA) is 63.8 Å². The molecular weight excluding hydrogens is 212 g/mol. The summed E-state index contributed by atoms with van der Waals surface area (Å²) in [5, 5.41) is 7.72. The highest BCUT2D eigenvalue weighted by atomic mass is 15.2. The third-order valence-electron chi connectivity index (χ3n) is 3.30. The lowest BCUT2D eigenvalue weighted by molar-refractivity contribution is 0.553. The molecule has 4 heteroatoms. The first-order chi connectivity index (χ1) is 8.42. The summed E-state index contributed by atoms with van der Waals surface area (Å²) >= 11 is 0. The molecule has 1 aromatic heterocycles. The van der Waals surface area contributed by atoms with Crippen LogP contribution in [0.3, 0.4) is 0 Å². The molecule has 1 heterocycles. The van der Waals surface area contributed by atoms with E-state index in [0.717, 1.165) is 18.4 Å². The van der Waals surface area contributed by atoms with E-state index in [0.29, 0.717) is 0 Å². The van der Waals surface area contributed by atoms with Gasteiger partial charge in [-0.3, -0.25) is 5.84 Å². The van der Waals surface area contributed by atoms with Gasteiger partial charge in [-0.05, 0) is 37.3 Å². The van der Waals surface area contributed by atoms with Gasteiger partial charge in [-0.1, -0.05) is 24.5 Å². The van der Waals surface area contributed by atoms with Gasteiger partial charge in [-0.15, -0.1) is 0 Å². The Morgan fingerprint density at radius 2 is 2.06 bits per heavy atom. The van der Waals surface area contributed by atoms with E-state index in [9.17, 15) is 0 Å². The second-order valence-electron chi connectivity index (χ2n) is 4.51. The molecular formula is C13H20N4. The van der Waals surface area contributed by atoms with Gasteiger partial charge in [0.25, 0.3) is 0 Å². The molecule has 0 aromatic carbocycles. The zero-order valence-corrected chi connectivity index (χ0v) is 10.1. The molecule has 17 heavy (non-hydrogen) atoms. The van der Waals surface area contributed by atoms with E-state index in [1.807, 2.05) is 6.07 Å². The van der Waals surface area contributed by atoms with E-state index < -0.39 is 0 Å². The van der Waals surface area contributed by atoms with E-state index in [1.54, 1.807) is 12.4 Å². The van der Waals surface area contributed by atoms with Gasteiger partial charge in [0, 0.05) is 6.20 Å². The summed E-state index contributed by atoms with van der Waals surface area (Å²) < 4.78 is 0. The highest BCUT2D eigenvalue weighted by Gasteiger charge is 2.15. The average Bonchev–Trinajstić information content (AvgIpc) is 2.34. The SMILES string of the molecule is NNC(/C1=C/CCCCCC1)c1ccnnc1. The van der Waals surface area contributed by atoms with Crippen LogP contribution < -0.4 is 11.3 Å². The first-order valence-corrected chi connectivity index (χ1v) is 6.33. The van der Waals surface area contributed by atoms with Crippen molar-refractivity contribution in [2.24, 2.45) is 5.84 Å². The van der Waals surface area contributed by atoms with Crippen molar-refractivity contribution in [3.8, 4) is 0 Å². The van der Waals surface area contributed by atoms with Crippen molar-refractivity contribution in [3.63, 3.8) is 0 Å². The maximum atomic E-state index is 5.69. The number of rotatable bonds is 3. The third kappa shape index (κ3) is 3.35. The summed E-state index contributed by atoms with van der Waals surface area (Å²) in [6.45, 7) is 0. The second kappa shape index (κ2) is 6.47. The number of nitrogens with two attached hydrogens (primary N) is 1. The Labute approximate surface area is 102 Å². The fraction of sp³-hybridized carbons (Fsp3) is 0.538. The number of hydrogen-bond donors (Lipinski definition) is 2. The lowest BCUT2D eigenvalue weighted by atomic mass is 9.92. The van der Waals surface area contributed by atoms with E-state index in [-0.39, 0.29) is 6.04 Å². The monoisotopic (exact) mass is 232 g/mol. The van der Waals surface area contributed by atoms with Crippen LogP contribution in [0.4, 0.5) is 0 Å². The maximum Gasteiger partial charge on any atom is 0.0686 e. The van der Waals surface area contributed by atoms with Gasteiger partial charge < -0.3 is 0 Å². The van der Waals surface area contributed by atoms with E-state index >= 15 is 0 Å². The van der Waals surface area contributed by atoms with Gasteiger partial charge in [0.05, 0.1) is 12.2 Å². The van der Waals surface area contributed by atoms with Crippen LogP contribution in [0.1, 0.15) is 50.1 Å². The van der Waals surface area contributed by atoms with Gasteiger partial charge in [-0.2, -0.15) is 10.2 Å². The predicted molar refractivity (Wildman–Crippen MR) is 67.9 cm³/mol. The Kier molecular flexibility index (Phi) is 4.64. The maximum absolute atomic E-state index is 5.69. The molecule has 0 radical (unpaired) electrons. The standard InChI is InChI=1S/C13H20N4/c14-17-13(12-8-9-15-16-10-12)11-6-4-2-1-3-5-7-11/h6,8-10,13,17H,1-5,7,14H2/b11-6+. The molecule has 0 bridgehead atoms. The van der Waals surface area contributed by atoms with Crippen LogP contribution in [0.15, 0.2) is 30.1 Å². The van der Waals surface area contributed by atoms with Crippen molar-refractivity contribution in [2.45, 2.75) is 44.6 Å². The number of hydrogen-bond acceptors (Lipinski definition) is 4. The van der Waals surface area contributed by atoms with Crippen molar-refractivity contribution in [2.75, 3.05) is 0 Å². The molecule has 1 unspecified atom stereocenters. The molecule has 0 saturated heterocycles. The predicted octanol–water partition coefficient (Wildman–Crippen LogP) is 2.26. The quantitative estimate of drug-likeness (QED) is 0.476. The molecule has 1 aliphatic carbocycles. The van der Waals surface area contributed by atoms with Crippen molar-refractivity contribution < 1.29 is 0 Å². The smallest absolute Gasteiger partial charge is 0.0686 e. The molecule has 0 aliphatic heterocycles. The van der Waals surface area contributed by atoms with Crippen LogP contribution in [0.25, 0.3) is 0 Å². The molecule has 92 valence electrons. The summed E-state index contributed by atoms with van der Waals surface area (Å²) in [5.41, 5.74) is 5.38. The molecule has 3 N–H and O–H groups in total. The first kappa shape index (κ1) is 12.2. The van der Waals surface area contributed by atoms with Crippen LogP contribution in [0, 0.1) is 0 Å². The molecule has 2 rings (SSSR count). The van der Waals surface area contributed by atoms with Crippen LogP contribution >= 0.6 is 0 Å². The summed E-state index contributed by atoms with van der Waals surface area (Å²) in [6.07, 6.45) is 13.3. The van der Waals surface area contributed by atoms with Crippen molar-refractivity contribution >= 4 is 0 Å². The van der Waals surface area contributed by atoms with Gasteiger partial charge in [-0.25, -0.2) is 5.43 Å². The minimum absolute atomic E-state index is 0.0867. The lowest BCUT2D eigenvalue weighted by Gasteiger charge is -2.21. The number of nitrogens with zero attached hydrogens (tertiary/aromatic N) is 2. The highest BCUT2D eigenvalue weighted by molar-refractivity contribution is 5.24. The number of aromatic nitrogens is 2. The number of hydrazine groups is 1. The summed E-state index contributed by atoms with van der Waals surface area (Å²) in [4.78, 5) is 0. The van der Waals surface area contributed by atoms with Crippen LogP contribution in [-0.2, 0) is 0 Å². The van der Waals surface area contributed by atoms with E-state index in [1.165, 1.54) is 31.3 Å². The lowest BCUT2D eigenvalue weighted by Crippen LogP contribution is -2.29. The average molecular weight is 232 g/mol. The van der Waals surface area contributed by atoms with Crippen LogP contribution in [-0.4, -0.2) is 10.2 Å². The molecule has 0 spiro atoms. The molecule has 1 aromatic rings. The normalized spacial score (nSPS) is 22.1.